The number of benzene rings is 3. The van der Waals surface area contributed by atoms with Crippen LogP contribution >= 0.6 is 0 Å². The lowest BCUT2D eigenvalue weighted by Crippen LogP contribution is -2.55. The number of carbonyl (C=O) groups is 2. The van der Waals surface area contributed by atoms with E-state index in [9.17, 15) is 20.0 Å². The molecule has 0 saturated carbocycles. The fourth-order valence-corrected chi connectivity index (χ4v) is 7.13. The summed E-state index contributed by atoms with van der Waals surface area (Å²) < 4.78 is 17.7. The number of morpholine rings is 1. The van der Waals surface area contributed by atoms with E-state index in [2.05, 4.69) is 46.2 Å². The Kier molecular flexibility index (Phi) is 10.0. The summed E-state index contributed by atoms with van der Waals surface area (Å²) in [5, 5.41) is 21.7. The number of carbonyl (C=O) groups excluding carboxylic acids is 1. The number of fused-ring (bicyclic) bond motifs is 2. The van der Waals surface area contributed by atoms with Crippen LogP contribution in [0.25, 0.3) is 10.8 Å². The average Bonchev–Trinajstić information content (AvgIpc) is 3.16. The topological polar surface area (TPSA) is 145 Å². The molecule has 0 spiro atoms. The van der Waals surface area contributed by atoms with Gasteiger partial charge in [-0.1, -0.05) is 66.7 Å². The highest BCUT2D eigenvalue weighted by atomic mass is 16.6. The van der Waals surface area contributed by atoms with Gasteiger partial charge in [0.15, 0.2) is 0 Å². The first kappa shape index (κ1) is 33.9. The van der Waals surface area contributed by atoms with Gasteiger partial charge in [0.25, 0.3) is 0 Å². The van der Waals surface area contributed by atoms with Crippen LogP contribution in [0.2, 0.25) is 0 Å². The van der Waals surface area contributed by atoms with Crippen LogP contribution < -0.4 is 14.5 Å². The number of carboxylic acid groups (broad SMARTS) is 1. The molecule has 13 heteroatoms. The van der Waals surface area contributed by atoms with Gasteiger partial charge in [0, 0.05) is 42.8 Å². The lowest BCUT2D eigenvalue weighted by Gasteiger charge is -2.42. The van der Waals surface area contributed by atoms with Gasteiger partial charge in [-0.15, -0.1) is 0 Å². The van der Waals surface area contributed by atoms with Gasteiger partial charge < -0.3 is 38.9 Å². The normalized spacial score (nSPS) is 20.4. The molecule has 2 saturated heterocycles. The van der Waals surface area contributed by atoms with Gasteiger partial charge in [-0.2, -0.15) is 15.2 Å². The second-order valence-corrected chi connectivity index (χ2v) is 13.2. The van der Waals surface area contributed by atoms with E-state index in [0.29, 0.717) is 32.6 Å². The summed E-state index contributed by atoms with van der Waals surface area (Å²) in [4.78, 5) is 42.3. The Balaban J connectivity index is 1.14. The zero-order chi connectivity index (χ0) is 35.3. The van der Waals surface area contributed by atoms with Crippen molar-refractivity contribution in [1.29, 1.82) is 5.26 Å². The van der Waals surface area contributed by atoms with Crippen LogP contribution in [0.3, 0.4) is 0 Å². The van der Waals surface area contributed by atoms with Crippen molar-refractivity contribution >= 4 is 34.5 Å². The van der Waals surface area contributed by atoms with Crippen LogP contribution in [0.4, 0.5) is 21.1 Å². The number of nitrogens with zero attached hydrogens (tertiary/aromatic N) is 7. The van der Waals surface area contributed by atoms with E-state index in [4.69, 9.17) is 24.2 Å². The Bertz CT molecular complexity index is 1920. The van der Waals surface area contributed by atoms with Crippen molar-refractivity contribution in [3.05, 3.63) is 89.6 Å². The molecule has 3 aromatic carbocycles. The maximum absolute atomic E-state index is 13.2. The second-order valence-electron chi connectivity index (χ2n) is 13.2. The van der Waals surface area contributed by atoms with Crippen molar-refractivity contribution in [2.75, 3.05) is 55.7 Å². The lowest BCUT2D eigenvalue weighted by atomic mass is 10.0. The number of nitriles is 1. The molecule has 0 radical (unpaired) electrons. The molecule has 1 unspecified atom stereocenters. The highest BCUT2D eigenvalue weighted by molar-refractivity contribution is 5.94. The highest BCUT2D eigenvalue weighted by Gasteiger charge is 2.35. The van der Waals surface area contributed by atoms with Crippen LogP contribution in [0.15, 0.2) is 72.8 Å². The first-order valence-corrected chi connectivity index (χ1v) is 17.3. The first-order chi connectivity index (χ1) is 24.9. The van der Waals surface area contributed by atoms with Gasteiger partial charge in [-0.25, -0.2) is 9.59 Å². The van der Waals surface area contributed by atoms with Crippen molar-refractivity contribution in [2.24, 2.45) is 0 Å². The van der Waals surface area contributed by atoms with Gasteiger partial charge in [0.1, 0.15) is 25.1 Å². The lowest BCUT2D eigenvalue weighted by molar-refractivity contribution is -0.0657. The van der Waals surface area contributed by atoms with Gasteiger partial charge in [0.2, 0.25) is 0 Å². The molecule has 264 valence electrons. The molecule has 1 aromatic heterocycles. The highest BCUT2D eigenvalue weighted by Crippen LogP contribution is 2.35. The Labute approximate surface area is 296 Å². The van der Waals surface area contributed by atoms with E-state index < -0.39 is 24.3 Å². The molecule has 3 atom stereocenters. The van der Waals surface area contributed by atoms with E-state index in [1.165, 1.54) is 4.90 Å². The van der Waals surface area contributed by atoms with Crippen molar-refractivity contribution in [1.82, 2.24) is 19.8 Å². The van der Waals surface area contributed by atoms with Gasteiger partial charge >= 0.3 is 18.2 Å². The minimum absolute atomic E-state index is 0.0832. The summed E-state index contributed by atoms with van der Waals surface area (Å²) in [5.74, 6) is 0.721. The van der Waals surface area contributed by atoms with Crippen molar-refractivity contribution < 1.29 is 28.9 Å². The molecule has 0 aliphatic carbocycles. The standard InChI is InChI=1S/C38H41N7O6/c1-26-23-49-30(21-45(26)37(46)47)25-50-36-40-33-22-42(34-13-7-11-28-10-5-6-12-31(28)34)17-15-32(33)35(41-36)43-18-19-44(29(20-43)14-16-39)38(48)51-24-27-8-3-2-4-9-27/h2-13,26,29-30H,14-15,17-25H2,1H3,(H,46,47)/t26?,29-,30+/m0/s1. The molecular weight excluding hydrogens is 650 g/mol. The number of hydrogen-bond acceptors (Lipinski definition) is 10. The summed E-state index contributed by atoms with van der Waals surface area (Å²) >= 11 is 0. The van der Waals surface area contributed by atoms with Crippen LogP contribution in [0, 0.1) is 11.3 Å². The molecule has 1 N–H and O–H groups in total. The third-order valence-corrected chi connectivity index (χ3v) is 9.83. The molecule has 4 heterocycles. The largest absolute Gasteiger partial charge is 0.465 e. The smallest absolute Gasteiger partial charge is 0.410 e. The molecular formula is C38H41N7O6. The maximum atomic E-state index is 13.2. The number of aromatic nitrogens is 2. The zero-order valence-corrected chi connectivity index (χ0v) is 28.6. The van der Waals surface area contributed by atoms with Crippen LogP contribution in [0.1, 0.15) is 30.2 Å². The van der Waals surface area contributed by atoms with Crippen molar-refractivity contribution in [3.8, 4) is 12.1 Å². The molecule has 3 aliphatic heterocycles. The molecule has 51 heavy (non-hydrogen) atoms. The molecule has 4 aromatic rings. The Hall–Kier alpha value is -5.61. The number of rotatable bonds is 8. The van der Waals surface area contributed by atoms with E-state index in [1.54, 1.807) is 4.90 Å². The minimum Gasteiger partial charge on any atom is -0.465 e. The first-order valence-electron chi connectivity index (χ1n) is 17.3. The molecule has 2 fully saturated rings. The van der Waals surface area contributed by atoms with Crippen molar-refractivity contribution in [3.63, 3.8) is 0 Å². The number of hydrogen-bond donors (Lipinski definition) is 1. The fourth-order valence-electron chi connectivity index (χ4n) is 7.13. The third kappa shape index (κ3) is 7.46. The quantitative estimate of drug-likeness (QED) is 0.264. The van der Waals surface area contributed by atoms with Crippen LogP contribution in [0.5, 0.6) is 6.01 Å². The van der Waals surface area contributed by atoms with E-state index in [1.807, 2.05) is 49.4 Å². The molecule has 3 aliphatic rings. The van der Waals surface area contributed by atoms with Crippen molar-refractivity contribution in [2.45, 2.75) is 51.1 Å². The van der Waals surface area contributed by atoms with E-state index >= 15 is 0 Å². The Morgan fingerprint density at radius 1 is 0.961 bits per heavy atom. The number of amides is 2. The Morgan fingerprint density at radius 2 is 1.76 bits per heavy atom. The Morgan fingerprint density at radius 3 is 2.59 bits per heavy atom. The van der Waals surface area contributed by atoms with E-state index in [-0.39, 0.29) is 44.8 Å². The zero-order valence-electron chi connectivity index (χ0n) is 28.6. The fraction of sp³-hybridized carbons (Fsp3) is 0.395. The van der Waals surface area contributed by atoms with Gasteiger partial charge in [0.05, 0.1) is 50.0 Å². The van der Waals surface area contributed by atoms with Gasteiger partial charge in [-0.05, 0) is 30.4 Å². The predicted molar refractivity (Wildman–Crippen MR) is 190 cm³/mol. The number of ether oxygens (including phenoxy) is 3. The summed E-state index contributed by atoms with van der Waals surface area (Å²) in [6.45, 7) is 5.02. The number of anilines is 2. The van der Waals surface area contributed by atoms with Crippen LogP contribution in [-0.4, -0.2) is 101 Å². The second kappa shape index (κ2) is 15.1. The summed E-state index contributed by atoms with van der Waals surface area (Å²) in [6, 6.07) is 25.9. The SMILES string of the molecule is CC1CO[C@@H](COc2nc3c(c(N4CCN(C(=O)OCc5ccccc5)[C@@H](CC#N)C4)n2)CCN(c2cccc4ccccc24)C3)CN1C(=O)O. The predicted octanol–water partition coefficient (Wildman–Crippen LogP) is 5.08. The molecule has 0 bridgehead atoms. The summed E-state index contributed by atoms with van der Waals surface area (Å²) in [6.07, 6.45) is -1.09. The van der Waals surface area contributed by atoms with E-state index in [0.717, 1.165) is 45.6 Å². The summed E-state index contributed by atoms with van der Waals surface area (Å²) in [7, 11) is 0. The minimum atomic E-state index is -0.994. The average molecular weight is 692 g/mol. The molecule has 2 amide bonds. The van der Waals surface area contributed by atoms with Gasteiger partial charge in [-0.3, -0.25) is 0 Å². The maximum Gasteiger partial charge on any atom is 0.410 e. The third-order valence-electron chi connectivity index (χ3n) is 9.83. The summed E-state index contributed by atoms with van der Waals surface area (Å²) in [5.41, 5.74) is 3.86. The molecule has 7 rings (SSSR count). The molecule has 13 nitrogen and oxygen atoms in total. The number of piperazine rings is 1. The monoisotopic (exact) mass is 691 g/mol. The van der Waals surface area contributed by atoms with Crippen LogP contribution in [-0.2, 0) is 29.0 Å².